The van der Waals surface area contributed by atoms with Gasteiger partial charge in [-0.25, -0.2) is 9.13 Å². The molecule has 0 rings (SSSR count). The van der Waals surface area contributed by atoms with E-state index < -0.39 is 97.5 Å². The monoisotopic (exact) mass is 1450 g/mol. The first-order valence-corrected chi connectivity index (χ1v) is 42.1. The van der Waals surface area contributed by atoms with Gasteiger partial charge in [-0.05, 0) is 122 Å². The minimum atomic E-state index is -4.99. The average molecular weight is 1450 g/mol. The molecular formula is C81H140O17P2. The molecule has 0 bridgehead atoms. The van der Waals surface area contributed by atoms with E-state index in [1.54, 1.807) is 0 Å². The summed E-state index contributed by atoms with van der Waals surface area (Å²) in [6.45, 7) is 4.62. The molecule has 0 spiro atoms. The summed E-state index contributed by atoms with van der Waals surface area (Å²) in [6, 6.07) is 0. The topological polar surface area (TPSA) is 237 Å². The van der Waals surface area contributed by atoms with Crippen LogP contribution in [0.1, 0.15) is 323 Å². The SMILES string of the molecule is CC/C=C\C/C=C\C/C=C\C/C=C\C/C=C\CCCC(=O)OCC(COP(=O)(O)OCC(O)COP(=O)(O)OCC(COC(=O)CCCCCCCC/C=C\C/C=C\C/C=C\CCCCC)OC(=O)CCCCCCCCCCCCCCC)OC(=O)CCCCCCC/C=C\CCCC. The highest BCUT2D eigenvalue weighted by Gasteiger charge is 2.30. The third kappa shape index (κ3) is 72.1. The predicted octanol–water partition coefficient (Wildman–Crippen LogP) is 22.6. The van der Waals surface area contributed by atoms with Gasteiger partial charge < -0.3 is 33.8 Å². The van der Waals surface area contributed by atoms with Crippen LogP contribution in [0.25, 0.3) is 0 Å². The molecule has 0 aliphatic carbocycles. The van der Waals surface area contributed by atoms with Crippen LogP contribution in [0.4, 0.5) is 0 Å². The molecule has 100 heavy (non-hydrogen) atoms. The lowest BCUT2D eigenvalue weighted by atomic mass is 10.0. The van der Waals surface area contributed by atoms with Crippen LogP contribution in [0.3, 0.4) is 0 Å². The van der Waals surface area contributed by atoms with Crippen LogP contribution in [0, 0.1) is 0 Å². The second-order valence-corrected chi connectivity index (χ2v) is 28.8. The van der Waals surface area contributed by atoms with Gasteiger partial charge in [0.2, 0.25) is 0 Å². The van der Waals surface area contributed by atoms with Crippen molar-refractivity contribution in [2.45, 2.75) is 341 Å². The zero-order chi connectivity index (χ0) is 73.2. The Morgan fingerprint density at radius 2 is 0.540 bits per heavy atom. The Balaban J connectivity index is 5.35. The quantitative estimate of drug-likeness (QED) is 0.0169. The van der Waals surface area contributed by atoms with Crippen molar-refractivity contribution in [3.63, 3.8) is 0 Å². The number of ether oxygens (including phenoxy) is 4. The van der Waals surface area contributed by atoms with Crippen LogP contribution >= 0.6 is 15.6 Å². The van der Waals surface area contributed by atoms with Crippen LogP contribution in [0.2, 0.25) is 0 Å². The number of hydrogen-bond donors (Lipinski definition) is 3. The Morgan fingerprint density at radius 3 is 0.900 bits per heavy atom. The number of carbonyl (C=O) groups is 4. The van der Waals surface area contributed by atoms with Gasteiger partial charge >= 0.3 is 39.5 Å². The van der Waals surface area contributed by atoms with Gasteiger partial charge in [0.05, 0.1) is 26.4 Å². The second kappa shape index (κ2) is 73.0. The molecule has 0 aliphatic rings. The van der Waals surface area contributed by atoms with E-state index in [9.17, 15) is 43.2 Å². The first-order valence-electron chi connectivity index (χ1n) is 39.1. The number of phosphoric acid groups is 2. The lowest BCUT2D eigenvalue weighted by Gasteiger charge is -2.21. The molecule has 3 N–H and O–H groups in total. The van der Waals surface area contributed by atoms with Gasteiger partial charge in [0.1, 0.15) is 19.3 Å². The van der Waals surface area contributed by atoms with Gasteiger partial charge in [0.25, 0.3) is 0 Å². The number of phosphoric ester groups is 2. The fraction of sp³-hybridized carbons (Fsp3) is 0.728. The number of unbranched alkanes of at least 4 members (excludes halogenated alkanes) is 29. The Labute approximate surface area is 607 Å². The predicted molar refractivity (Wildman–Crippen MR) is 408 cm³/mol. The average Bonchev–Trinajstić information content (AvgIpc) is 0.937. The second-order valence-electron chi connectivity index (χ2n) is 25.9. The normalized spacial score (nSPS) is 14.5. The summed E-state index contributed by atoms with van der Waals surface area (Å²) in [6.07, 6.45) is 78.0. The third-order valence-electron chi connectivity index (χ3n) is 16.2. The van der Waals surface area contributed by atoms with E-state index in [2.05, 4.69) is 125 Å². The molecule has 0 aromatic heterocycles. The van der Waals surface area contributed by atoms with Gasteiger partial charge in [-0.2, -0.15) is 0 Å². The molecule has 0 radical (unpaired) electrons. The first-order chi connectivity index (χ1) is 48.7. The summed E-state index contributed by atoms with van der Waals surface area (Å²) in [7, 11) is -9.97. The number of aliphatic hydroxyl groups is 1. The van der Waals surface area contributed by atoms with Crippen LogP contribution < -0.4 is 0 Å². The molecule has 5 unspecified atom stereocenters. The molecule has 0 fully saturated rings. The first kappa shape index (κ1) is 95.7. The van der Waals surface area contributed by atoms with Crippen molar-refractivity contribution < 1.29 is 80.2 Å². The van der Waals surface area contributed by atoms with Crippen LogP contribution in [-0.2, 0) is 65.4 Å². The molecule has 0 amide bonds. The van der Waals surface area contributed by atoms with Crippen molar-refractivity contribution in [3.8, 4) is 0 Å². The van der Waals surface area contributed by atoms with Crippen molar-refractivity contribution in [3.05, 3.63) is 109 Å². The van der Waals surface area contributed by atoms with E-state index >= 15 is 0 Å². The summed E-state index contributed by atoms with van der Waals surface area (Å²) in [5.41, 5.74) is 0. The van der Waals surface area contributed by atoms with E-state index in [0.717, 1.165) is 154 Å². The van der Waals surface area contributed by atoms with E-state index in [0.29, 0.717) is 32.1 Å². The number of carbonyl (C=O) groups excluding carboxylic acids is 4. The van der Waals surface area contributed by atoms with E-state index in [1.807, 2.05) is 12.2 Å². The highest BCUT2D eigenvalue weighted by molar-refractivity contribution is 7.47. The lowest BCUT2D eigenvalue weighted by molar-refractivity contribution is -0.161. The highest BCUT2D eigenvalue weighted by Crippen LogP contribution is 2.45. The third-order valence-corrected chi connectivity index (χ3v) is 18.1. The van der Waals surface area contributed by atoms with Crippen molar-refractivity contribution >= 4 is 39.5 Å². The van der Waals surface area contributed by atoms with Crippen LogP contribution in [-0.4, -0.2) is 96.7 Å². The van der Waals surface area contributed by atoms with Gasteiger partial charge in [-0.1, -0.05) is 285 Å². The van der Waals surface area contributed by atoms with Crippen LogP contribution in [0.15, 0.2) is 109 Å². The number of aliphatic hydroxyl groups excluding tert-OH is 1. The summed E-state index contributed by atoms with van der Waals surface area (Å²) < 4.78 is 68.4. The molecule has 576 valence electrons. The largest absolute Gasteiger partial charge is 0.472 e. The minimum absolute atomic E-state index is 0.0713. The smallest absolute Gasteiger partial charge is 0.462 e. The van der Waals surface area contributed by atoms with Crippen molar-refractivity contribution in [1.29, 1.82) is 0 Å². The van der Waals surface area contributed by atoms with Gasteiger partial charge in [0, 0.05) is 25.7 Å². The molecule has 17 nitrogen and oxygen atoms in total. The number of hydrogen-bond acceptors (Lipinski definition) is 15. The standard InChI is InChI=1S/C81H140O17P2/c1-5-9-13-17-21-25-29-32-34-36-37-39-41-44-47-50-54-58-62-66-79(84)92-72-77(98-81(86)68-64-60-56-52-48-42-31-27-23-19-15-11-7-3)74-96-100(89,90)94-70-75(82)69-93-99(87,88)95-73-76(97-80(85)67-63-59-55-51-45-28-24-20-16-12-8-4)71-91-78(83)65-61-57-53-49-46-43-40-38-35-33-30-26-22-18-14-10-6-2/h10,14,20-22,24-26,32-35,37,39-40,43,49,53,75-77,82H,5-9,11-13,15-19,23,27-31,36,38,41-42,44-48,50-52,54-74H2,1-4H3,(H,87,88)(H,89,90)/b14-10-,24-20-,25-21-,26-22-,34-32-,35-33-,39-37-,43-40-,53-49-. The lowest BCUT2D eigenvalue weighted by Crippen LogP contribution is -2.30. The van der Waals surface area contributed by atoms with Crippen molar-refractivity contribution in [2.24, 2.45) is 0 Å². The zero-order valence-electron chi connectivity index (χ0n) is 62.8. The molecule has 0 saturated heterocycles. The molecule has 0 aliphatic heterocycles. The van der Waals surface area contributed by atoms with Crippen LogP contribution in [0.5, 0.6) is 0 Å². The molecule has 0 saturated carbocycles. The Kier molecular flexibility index (Phi) is 69.9. The molecule has 0 aromatic carbocycles. The Bertz CT molecular complexity index is 2320. The Morgan fingerprint density at radius 1 is 0.290 bits per heavy atom. The van der Waals surface area contributed by atoms with Gasteiger partial charge in [-0.3, -0.25) is 37.3 Å². The molecular weight excluding hydrogens is 1310 g/mol. The molecule has 0 aromatic rings. The summed E-state index contributed by atoms with van der Waals surface area (Å²) in [4.78, 5) is 72.8. The summed E-state index contributed by atoms with van der Waals surface area (Å²) >= 11 is 0. The maximum absolute atomic E-state index is 13.1. The summed E-state index contributed by atoms with van der Waals surface area (Å²) in [5.74, 6) is -2.25. The van der Waals surface area contributed by atoms with E-state index in [-0.39, 0.29) is 25.7 Å². The number of allylic oxidation sites excluding steroid dienone is 18. The molecule has 5 atom stereocenters. The Hall–Kier alpha value is -4.28. The van der Waals surface area contributed by atoms with Gasteiger partial charge in [0.15, 0.2) is 12.2 Å². The summed E-state index contributed by atoms with van der Waals surface area (Å²) in [5, 5.41) is 10.6. The number of esters is 4. The maximum atomic E-state index is 13.1. The van der Waals surface area contributed by atoms with E-state index in [1.165, 1.54) is 83.5 Å². The van der Waals surface area contributed by atoms with Crippen molar-refractivity contribution in [2.75, 3.05) is 39.6 Å². The van der Waals surface area contributed by atoms with Crippen molar-refractivity contribution in [1.82, 2.24) is 0 Å². The fourth-order valence-corrected chi connectivity index (χ4v) is 11.8. The maximum Gasteiger partial charge on any atom is 0.472 e. The molecule has 19 heteroatoms. The van der Waals surface area contributed by atoms with Gasteiger partial charge in [-0.15, -0.1) is 0 Å². The zero-order valence-corrected chi connectivity index (χ0v) is 64.6. The highest BCUT2D eigenvalue weighted by atomic mass is 31.2. The minimum Gasteiger partial charge on any atom is -0.462 e. The number of rotatable bonds is 73. The van der Waals surface area contributed by atoms with E-state index in [4.69, 9.17) is 37.0 Å². The molecule has 0 heterocycles. The fourth-order valence-electron chi connectivity index (χ4n) is 10.2.